The fourth-order valence-corrected chi connectivity index (χ4v) is 3.52. The van der Waals surface area contributed by atoms with Gasteiger partial charge in [-0.05, 0) is 25.2 Å². The molecule has 0 spiro atoms. The lowest BCUT2D eigenvalue weighted by atomic mass is 9.92. The van der Waals surface area contributed by atoms with Crippen LogP contribution in [0.1, 0.15) is 19.3 Å². The fourth-order valence-electron chi connectivity index (χ4n) is 3.52. The van der Waals surface area contributed by atoms with E-state index in [9.17, 15) is 9.18 Å². The van der Waals surface area contributed by atoms with Crippen molar-refractivity contribution < 1.29 is 18.8 Å². The number of hydroxylamine groups is 2. The molecule has 0 aromatic carbocycles. The molecule has 3 saturated heterocycles. The number of nitrogens with zero attached hydrogens (tertiary/aromatic N) is 4. The molecule has 4 heterocycles. The topological polar surface area (TPSA) is 67.8 Å². The van der Waals surface area contributed by atoms with Gasteiger partial charge in [-0.2, -0.15) is 0 Å². The Bertz CT molecular complexity index is 579. The molecule has 1 amide bonds. The summed E-state index contributed by atoms with van der Waals surface area (Å²) in [6.45, 7) is 2.66. The number of hydrogen-bond donors (Lipinski definition) is 0. The highest BCUT2D eigenvalue weighted by atomic mass is 19.1. The van der Waals surface area contributed by atoms with Gasteiger partial charge in [-0.3, -0.25) is 9.63 Å². The van der Waals surface area contributed by atoms with Crippen molar-refractivity contribution in [2.75, 3.05) is 31.1 Å². The Morgan fingerprint density at radius 3 is 2.87 bits per heavy atom. The van der Waals surface area contributed by atoms with Gasteiger partial charge in [0.2, 0.25) is 5.95 Å². The number of rotatable bonds is 2. The van der Waals surface area contributed by atoms with Crippen LogP contribution in [0.3, 0.4) is 0 Å². The van der Waals surface area contributed by atoms with Gasteiger partial charge < -0.3 is 9.64 Å². The van der Waals surface area contributed by atoms with Crippen molar-refractivity contribution >= 4 is 11.9 Å². The third-order valence-electron chi connectivity index (χ3n) is 4.72. The number of ether oxygens (including phenoxy) is 1. The van der Waals surface area contributed by atoms with Gasteiger partial charge in [-0.15, -0.1) is 0 Å². The Morgan fingerprint density at radius 2 is 2.13 bits per heavy atom. The summed E-state index contributed by atoms with van der Waals surface area (Å²) >= 11 is 0. The van der Waals surface area contributed by atoms with Crippen molar-refractivity contribution in [2.24, 2.45) is 5.92 Å². The van der Waals surface area contributed by atoms with Crippen molar-refractivity contribution in [3.8, 4) is 0 Å². The molecule has 4 rings (SSSR count). The van der Waals surface area contributed by atoms with Crippen molar-refractivity contribution in [1.82, 2.24) is 15.0 Å². The first kappa shape index (κ1) is 14.8. The lowest BCUT2D eigenvalue weighted by Crippen LogP contribution is -2.43. The van der Waals surface area contributed by atoms with Crippen LogP contribution >= 0.6 is 0 Å². The monoisotopic (exact) mass is 322 g/mol. The molecule has 0 unspecified atom stereocenters. The molecular formula is C15H19FN4O3. The molecule has 23 heavy (non-hydrogen) atoms. The molecule has 3 aliphatic rings. The number of piperidine rings is 1. The Balaban J connectivity index is 1.40. The summed E-state index contributed by atoms with van der Waals surface area (Å²) in [6, 6.07) is 0. The minimum Gasteiger partial charge on any atom is -0.363 e. The second-order valence-electron chi connectivity index (χ2n) is 6.22. The number of amides is 1. The van der Waals surface area contributed by atoms with E-state index in [4.69, 9.17) is 9.57 Å². The molecule has 0 N–H and O–H groups in total. The maximum Gasteiger partial charge on any atom is 0.275 e. The Labute approximate surface area is 133 Å². The van der Waals surface area contributed by atoms with E-state index in [1.165, 1.54) is 17.5 Å². The lowest BCUT2D eigenvalue weighted by molar-refractivity contribution is -0.180. The molecule has 3 aliphatic heterocycles. The molecule has 8 heteroatoms. The zero-order valence-corrected chi connectivity index (χ0v) is 12.7. The predicted octanol–water partition coefficient (Wildman–Crippen LogP) is 0.763. The van der Waals surface area contributed by atoms with Crippen LogP contribution in [-0.2, 0) is 14.4 Å². The molecule has 124 valence electrons. The average molecular weight is 322 g/mol. The lowest BCUT2D eigenvalue weighted by Gasteiger charge is -2.33. The first-order valence-electron chi connectivity index (χ1n) is 8.03. The number of carbonyl (C=O) groups is 1. The van der Waals surface area contributed by atoms with Crippen LogP contribution in [0.15, 0.2) is 12.4 Å². The average Bonchev–Trinajstić information content (AvgIpc) is 3.23. The number of hydrogen-bond acceptors (Lipinski definition) is 6. The first-order chi connectivity index (χ1) is 11.2. The minimum absolute atomic E-state index is 0.0195. The zero-order valence-electron chi connectivity index (χ0n) is 12.7. The van der Waals surface area contributed by atoms with Gasteiger partial charge >= 0.3 is 0 Å². The number of halogens is 1. The highest BCUT2D eigenvalue weighted by Gasteiger charge is 2.44. The van der Waals surface area contributed by atoms with Gasteiger partial charge in [0.05, 0.1) is 31.6 Å². The van der Waals surface area contributed by atoms with E-state index >= 15 is 0 Å². The summed E-state index contributed by atoms with van der Waals surface area (Å²) < 4.78 is 18.9. The second-order valence-corrected chi connectivity index (χ2v) is 6.22. The van der Waals surface area contributed by atoms with E-state index in [1.54, 1.807) is 0 Å². The number of carbonyl (C=O) groups excluding carboxylic acids is 1. The van der Waals surface area contributed by atoms with Crippen LogP contribution in [0.4, 0.5) is 10.3 Å². The van der Waals surface area contributed by atoms with Gasteiger partial charge in [0.15, 0.2) is 5.82 Å². The molecule has 1 aromatic heterocycles. The van der Waals surface area contributed by atoms with Crippen molar-refractivity contribution in [1.29, 1.82) is 0 Å². The first-order valence-corrected chi connectivity index (χ1v) is 8.03. The number of aromatic nitrogens is 2. The van der Waals surface area contributed by atoms with Crippen LogP contribution in [0, 0.1) is 11.7 Å². The van der Waals surface area contributed by atoms with Crippen LogP contribution in [0.5, 0.6) is 0 Å². The standard InChI is InChI=1S/C15H19FN4O3/c16-11-7-17-15(18-8-11)19-4-2-10-6-12(23-13(10)9-19)14(21)20-3-1-5-22-20/h7-8,10,12-13H,1-6,9H2/t10-,12+,13+/m1/s1. The molecule has 0 bridgehead atoms. The summed E-state index contributed by atoms with van der Waals surface area (Å²) in [4.78, 5) is 27.7. The second kappa shape index (κ2) is 6.01. The fraction of sp³-hybridized carbons (Fsp3) is 0.667. The largest absolute Gasteiger partial charge is 0.363 e. The molecule has 7 nitrogen and oxygen atoms in total. The Kier molecular flexibility index (Phi) is 3.86. The molecule has 0 radical (unpaired) electrons. The van der Waals surface area contributed by atoms with Crippen molar-refractivity contribution in [2.45, 2.75) is 31.5 Å². The number of anilines is 1. The minimum atomic E-state index is -0.447. The normalized spacial score (nSPS) is 30.6. The van der Waals surface area contributed by atoms with E-state index in [0.29, 0.717) is 31.6 Å². The third kappa shape index (κ3) is 2.88. The predicted molar refractivity (Wildman–Crippen MR) is 77.9 cm³/mol. The van der Waals surface area contributed by atoms with Gasteiger partial charge in [-0.25, -0.2) is 19.4 Å². The van der Waals surface area contributed by atoms with E-state index < -0.39 is 11.9 Å². The maximum atomic E-state index is 12.9. The summed E-state index contributed by atoms with van der Waals surface area (Å²) in [6.07, 6.45) is 4.42. The quantitative estimate of drug-likeness (QED) is 0.801. The molecule has 0 saturated carbocycles. The number of fused-ring (bicyclic) bond motifs is 1. The highest BCUT2D eigenvalue weighted by molar-refractivity contribution is 5.80. The van der Waals surface area contributed by atoms with Gasteiger partial charge in [0.25, 0.3) is 5.91 Å². The van der Waals surface area contributed by atoms with Gasteiger partial charge in [-0.1, -0.05) is 0 Å². The van der Waals surface area contributed by atoms with E-state index in [1.807, 2.05) is 4.90 Å². The van der Waals surface area contributed by atoms with Gasteiger partial charge in [0.1, 0.15) is 6.10 Å². The Morgan fingerprint density at radius 1 is 1.30 bits per heavy atom. The molecule has 3 atom stereocenters. The van der Waals surface area contributed by atoms with Crippen LogP contribution in [-0.4, -0.2) is 59.4 Å². The van der Waals surface area contributed by atoms with E-state index in [0.717, 1.165) is 25.8 Å². The molecule has 3 fully saturated rings. The zero-order chi connectivity index (χ0) is 15.8. The summed E-state index contributed by atoms with van der Waals surface area (Å²) in [5.41, 5.74) is 0. The highest BCUT2D eigenvalue weighted by Crippen LogP contribution is 2.35. The molecule has 0 aliphatic carbocycles. The van der Waals surface area contributed by atoms with Crippen LogP contribution in [0.25, 0.3) is 0 Å². The summed E-state index contributed by atoms with van der Waals surface area (Å²) in [5, 5.41) is 1.43. The van der Waals surface area contributed by atoms with E-state index in [2.05, 4.69) is 9.97 Å². The van der Waals surface area contributed by atoms with Crippen LogP contribution < -0.4 is 4.90 Å². The van der Waals surface area contributed by atoms with Crippen molar-refractivity contribution in [3.63, 3.8) is 0 Å². The SMILES string of the molecule is O=C([C@@H]1C[C@H]2CCN(c3ncc(F)cn3)C[C@@H]2O1)N1CCCO1. The van der Waals surface area contributed by atoms with E-state index in [-0.39, 0.29) is 12.0 Å². The summed E-state index contributed by atoms with van der Waals surface area (Å²) in [5.74, 6) is 0.355. The Hall–Kier alpha value is -1.80. The third-order valence-corrected chi connectivity index (χ3v) is 4.72. The molecular weight excluding hydrogens is 303 g/mol. The van der Waals surface area contributed by atoms with Crippen LogP contribution in [0.2, 0.25) is 0 Å². The maximum absolute atomic E-state index is 12.9. The van der Waals surface area contributed by atoms with Gasteiger partial charge in [0, 0.05) is 13.1 Å². The smallest absolute Gasteiger partial charge is 0.275 e. The van der Waals surface area contributed by atoms with Crippen molar-refractivity contribution in [3.05, 3.63) is 18.2 Å². The summed E-state index contributed by atoms with van der Waals surface area (Å²) in [7, 11) is 0. The molecule has 1 aromatic rings.